The van der Waals surface area contributed by atoms with E-state index in [-0.39, 0.29) is 36.6 Å². The first-order valence-electron chi connectivity index (χ1n) is 9.31. The molecule has 0 unspecified atom stereocenters. The summed E-state index contributed by atoms with van der Waals surface area (Å²) in [4.78, 5) is 43.0. The Morgan fingerprint density at radius 2 is 2.04 bits per heavy atom. The fraction of sp³-hybridized carbons (Fsp3) is 0.286. The third kappa shape index (κ3) is 3.99. The summed E-state index contributed by atoms with van der Waals surface area (Å²) in [6, 6.07) is 10.8. The van der Waals surface area contributed by atoms with Crippen molar-refractivity contribution in [3.63, 3.8) is 0 Å². The minimum Gasteiger partial charge on any atom is -0.357 e. The standard InChI is InChI=1S/C21H21N3O3S/c25-18-11-15(23-17-4-2-1-3-16(17)18)12-22-20(26)5-6-21(27)24-9-7-19-14(13-24)8-10-28-19/h1-4,8,10-11H,5-7,9,12-13H2,(H,22,26)(H,23,25). The number of carbonyl (C=O) groups is 2. The summed E-state index contributed by atoms with van der Waals surface area (Å²) in [5, 5.41) is 5.46. The molecular formula is C21H21N3O3S. The number of rotatable bonds is 5. The van der Waals surface area contributed by atoms with E-state index in [2.05, 4.69) is 21.7 Å². The number of aromatic amines is 1. The zero-order valence-corrected chi connectivity index (χ0v) is 16.2. The van der Waals surface area contributed by atoms with E-state index in [1.807, 2.05) is 23.1 Å². The number of aromatic nitrogens is 1. The van der Waals surface area contributed by atoms with Crippen LogP contribution < -0.4 is 10.7 Å². The second-order valence-electron chi connectivity index (χ2n) is 6.92. The molecule has 1 aromatic carbocycles. The monoisotopic (exact) mass is 395 g/mol. The molecule has 0 saturated carbocycles. The number of H-pyrrole nitrogens is 1. The second-order valence-corrected chi connectivity index (χ2v) is 7.92. The van der Waals surface area contributed by atoms with Gasteiger partial charge >= 0.3 is 0 Å². The maximum atomic E-state index is 12.4. The molecule has 0 spiro atoms. The van der Waals surface area contributed by atoms with Gasteiger partial charge in [-0.3, -0.25) is 14.4 Å². The molecule has 3 aromatic rings. The number of hydrogen-bond acceptors (Lipinski definition) is 4. The number of fused-ring (bicyclic) bond motifs is 2. The van der Waals surface area contributed by atoms with Crippen LogP contribution in [0, 0.1) is 0 Å². The Bertz CT molecular complexity index is 1090. The van der Waals surface area contributed by atoms with E-state index in [4.69, 9.17) is 0 Å². The number of nitrogens with one attached hydrogen (secondary N) is 2. The maximum absolute atomic E-state index is 12.4. The van der Waals surface area contributed by atoms with E-state index in [0.29, 0.717) is 24.2 Å². The predicted molar refractivity (Wildman–Crippen MR) is 109 cm³/mol. The summed E-state index contributed by atoms with van der Waals surface area (Å²) in [5.41, 5.74) is 2.53. The zero-order chi connectivity index (χ0) is 19.5. The van der Waals surface area contributed by atoms with Crippen LogP contribution in [-0.2, 0) is 29.1 Å². The third-order valence-corrected chi connectivity index (χ3v) is 6.02. The van der Waals surface area contributed by atoms with Crippen LogP contribution in [0.4, 0.5) is 0 Å². The Balaban J connectivity index is 1.28. The smallest absolute Gasteiger partial charge is 0.223 e. The predicted octanol–water partition coefficient (Wildman–Crippen LogP) is 2.57. The van der Waals surface area contributed by atoms with E-state index in [1.165, 1.54) is 16.5 Å². The molecule has 2 amide bonds. The van der Waals surface area contributed by atoms with Gasteiger partial charge in [-0.25, -0.2) is 0 Å². The Morgan fingerprint density at radius 3 is 2.93 bits per heavy atom. The fourth-order valence-electron chi connectivity index (χ4n) is 3.47. The molecule has 0 bridgehead atoms. The Morgan fingerprint density at radius 1 is 1.18 bits per heavy atom. The van der Waals surface area contributed by atoms with Crippen molar-refractivity contribution in [2.75, 3.05) is 6.54 Å². The summed E-state index contributed by atoms with van der Waals surface area (Å²) in [7, 11) is 0. The minimum absolute atomic E-state index is 0.00566. The van der Waals surface area contributed by atoms with Gasteiger partial charge in [0, 0.05) is 53.5 Å². The van der Waals surface area contributed by atoms with Gasteiger partial charge in [0.1, 0.15) is 0 Å². The van der Waals surface area contributed by atoms with Gasteiger partial charge in [-0.1, -0.05) is 12.1 Å². The van der Waals surface area contributed by atoms with Crippen molar-refractivity contribution < 1.29 is 9.59 Å². The number of nitrogens with zero attached hydrogens (tertiary/aromatic N) is 1. The quantitative estimate of drug-likeness (QED) is 0.697. The van der Waals surface area contributed by atoms with E-state index < -0.39 is 0 Å². The highest BCUT2D eigenvalue weighted by atomic mass is 32.1. The van der Waals surface area contributed by atoms with Crippen LogP contribution in [0.1, 0.15) is 29.0 Å². The summed E-state index contributed by atoms with van der Waals surface area (Å²) in [6.07, 6.45) is 1.23. The van der Waals surface area contributed by atoms with Crippen LogP contribution in [0.25, 0.3) is 10.9 Å². The van der Waals surface area contributed by atoms with E-state index in [1.54, 1.807) is 17.4 Å². The van der Waals surface area contributed by atoms with Gasteiger partial charge in [0.25, 0.3) is 0 Å². The number of para-hydroxylation sites is 1. The maximum Gasteiger partial charge on any atom is 0.223 e. The Hall–Kier alpha value is -2.93. The SMILES string of the molecule is O=C(CCC(=O)N1CCc2sccc2C1)NCc1cc(=O)c2ccccc2[nH]1. The molecule has 0 fully saturated rings. The zero-order valence-electron chi connectivity index (χ0n) is 15.4. The summed E-state index contributed by atoms with van der Waals surface area (Å²) in [5.74, 6) is -0.193. The van der Waals surface area contributed by atoms with Crippen LogP contribution in [-0.4, -0.2) is 28.2 Å². The molecule has 1 aliphatic rings. The number of amides is 2. The minimum atomic E-state index is -0.199. The molecule has 0 saturated heterocycles. The highest BCUT2D eigenvalue weighted by Gasteiger charge is 2.21. The molecule has 2 N–H and O–H groups in total. The average Bonchev–Trinajstić information content (AvgIpc) is 3.18. The number of thiophene rings is 1. The lowest BCUT2D eigenvalue weighted by Crippen LogP contribution is -2.36. The topological polar surface area (TPSA) is 82.3 Å². The lowest BCUT2D eigenvalue weighted by Gasteiger charge is -2.27. The van der Waals surface area contributed by atoms with E-state index in [0.717, 1.165) is 11.9 Å². The first kappa shape index (κ1) is 18.4. The van der Waals surface area contributed by atoms with Crippen molar-refractivity contribution in [2.24, 2.45) is 0 Å². The van der Waals surface area contributed by atoms with Crippen LogP contribution in [0.2, 0.25) is 0 Å². The van der Waals surface area contributed by atoms with Crippen molar-refractivity contribution in [1.29, 1.82) is 0 Å². The molecule has 0 atom stereocenters. The summed E-state index contributed by atoms with van der Waals surface area (Å²) < 4.78 is 0. The van der Waals surface area contributed by atoms with E-state index in [9.17, 15) is 14.4 Å². The summed E-state index contributed by atoms with van der Waals surface area (Å²) >= 11 is 1.74. The van der Waals surface area contributed by atoms with Gasteiger partial charge in [0.2, 0.25) is 11.8 Å². The molecule has 0 radical (unpaired) electrons. The molecular weight excluding hydrogens is 374 g/mol. The van der Waals surface area contributed by atoms with Gasteiger partial charge in [0.15, 0.2) is 5.43 Å². The first-order valence-corrected chi connectivity index (χ1v) is 10.2. The van der Waals surface area contributed by atoms with Crippen molar-refractivity contribution in [2.45, 2.75) is 32.4 Å². The van der Waals surface area contributed by atoms with Crippen molar-refractivity contribution in [3.05, 3.63) is 68.1 Å². The molecule has 7 heteroatoms. The van der Waals surface area contributed by atoms with Gasteiger partial charge in [0.05, 0.1) is 6.54 Å². The molecule has 0 aliphatic carbocycles. The van der Waals surface area contributed by atoms with Crippen LogP contribution in [0.15, 0.2) is 46.6 Å². The van der Waals surface area contributed by atoms with Gasteiger partial charge in [-0.2, -0.15) is 0 Å². The number of carbonyl (C=O) groups excluding carboxylic acids is 2. The van der Waals surface area contributed by atoms with Crippen molar-refractivity contribution in [3.8, 4) is 0 Å². The first-order chi connectivity index (χ1) is 13.6. The number of benzene rings is 1. The lowest BCUT2D eigenvalue weighted by atomic mass is 10.1. The Labute approximate surface area is 166 Å². The fourth-order valence-corrected chi connectivity index (χ4v) is 4.36. The highest BCUT2D eigenvalue weighted by Crippen LogP contribution is 2.24. The largest absolute Gasteiger partial charge is 0.357 e. The molecule has 28 heavy (non-hydrogen) atoms. The number of hydrogen-bond donors (Lipinski definition) is 2. The molecule has 3 heterocycles. The van der Waals surface area contributed by atoms with Gasteiger partial charge in [-0.15, -0.1) is 11.3 Å². The lowest BCUT2D eigenvalue weighted by molar-refractivity contribution is -0.134. The molecule has 6 nitrogen and oxygen atoms in total. The summed E-state index contributed by atoms with van der Waals surface area (Å²) in [6.45, 7) is 1.58. The second kappa shape index (κ2) is 7.98. The normalized spacial score (nSPS) is 13.4. The van der Waals surface area contributed by atoms with Gasteiger partial charge < -0.3 is 15.2 Å². The van der Waals surface area contributed by atoms with E-state index >= 15 is 0 Å². The molecule has 2 aromatic heterocycles. The third-order valence-electron chi connectivity index (χ3n) is 5.00. The van der Waals surface area contributed by atoms with Crippen molar-refractivity contribution in [1.82, 2.24) is 15.2 Å². The van der Waals surface area contributed by atoms with Gasteiger partial charge in [-0.05, 0) is 35.6 Å². The molecule has 4 rings (SSSR count). The van der Waals surface area contributed by atoms with Crippen molar-refractivity contribution >= 4 is 34.1 Å². The number of pyridine rings is 1. The Kier molecular flexibility index (Phi) is 5.25. The van der Waals surface area contributed by atoms with Crippen LogP contribution in [0.3, 0.4) is 0 Å². The molecule has 144 valence electrons. The van der Waals surface area contributed by atoms with Crippen LogP contribution in [0.5, 0.6) is 0 Å². The average molecular weight is 395 g/mol. The highest BCUT2D eigenvalue weighted by molar-refractivity contribution is 7.10. The molecule has 1 aliphatic heterocycles. The van der Waals surface area contributed by atoms with Crippen LogP contribution >= 0.6 is 11.3 Å².